The van der Waals surface area contributed by atoms with Gasteiger partial charge in [0.1, 0.15) is 6.07 Å². The highest BCUT2D eigenvalue weighted by Gasteiger charge is 2.24. The van der Waals surface area contributed by atoms with Gasteiger partial charge in [0.05, 0.1) is 16.3 Å². The van der Waals surface area contributed by atoms with Crippen molar-refractivity contribution in [2.24, 2.45) is 5.92 Å². The lowest BCUT2D eigenvalue weighted by atomic mass is 9.86. The second-order valence-corrected chi connectivity index (χ2v) is 5.69. The Morgan fingerprint density at radius 1 is 1.39 bits per heavy atom. The molecule has 1 fully saturated rings. The molecule has 2 unspecified atom stereocenters. The molecule has 0 spiro atoms. The van der Waals surface area contributed by atoms with Crippen LogP contribution >= 0.6 is 11.6 Å². The van der Waals surface area contributed by atoms with Gasteiger partial charge in [0.15, 0.2) is 0 Å². The van der Waals surface area contributed by atoms with Gasteiger partial charge in [0.25, 0.3) is 0 Å². The Hall–Kier alpha value is -1.20. The van der Waals surface area contributed by atoms with Crippen molar-refractivity contribution in [1.82, 2.24) is 0 Å². The Morgan fingerprint density at radius 3 is 2.83 bits per heavy atom. The van der Waals surface area contributed by atoms with Crippen molar-refractivity contribution < 1.29 is 0 Å². The molecular weight excluding hydrogens is 244 g/mol. The minimum absolute atomic E-state index is 0.527. The zero-order valence-electron chi connectivity index (χ0n) is 11.0. The van der Waals surface area contributed by atoms with Crippen molar-refractivity contribution in [3.05, 3.63) is 28.8 Å². The summed E-state index contributed by atoms with van der Waals surface area (Å²) in [6.07, 6.45) is 5.01. The maximum atomic E-state index is 9.24. The summed E-state index contributed by atoms with van der Waals surface area (Å²) in [7, 11) is 2.08. The average Bonchev–Trinajstić information content (AvgIpc) is 2.37. The van der Waals surface area contributed by atoms with E-state index in [1.54, 1.807) is 6.07 Å². The van der Waals surface area contributed by atoms with Gasteiger partial charge >= 0.3 is 0 Å². The molecule has 0 radical (unpaired) electrons. The van der Waals surface area contributed by atoms with Crippen LogP contribution in [0.15, 0.2) is 18.2 Å². The van der Waals surface area contributed by atoms with E-state index in [-0.39, 0.29) is 0 Å². The van der Waals surface area contributed by atoms with Crippen LogP contribution in [-0.4, -0.2) is 13.1 Å². The van der Waals surface area contributed by atoms with E-state index in [0.717, 1.165) is 11.6 Å². The summed E-state index contributed by atoms with van der Waals surface area (Å²) in [6.45, 7) is 2.31. The van der Waals surface area contributed by atoms with Crippen LogP contribution in [0.3, 0.4) is 0 Å². The van der Waals surface area contributed by atoms with Gasteiger partial charge in [0, 0.05) is 13.1 Å². The van der Waals surface area contributed by atoms with Crippen LogP contribution in [0.4, 0.5) is 5.69 Å². The van der Waals surface area contributed by atoms with Gasteiger partial charge in [-0.2, -0.15) is 5.26 Å². The topological polar surface area (TPSA) is 27.0 Å². The summed E-state index contributed by atoms with van der Waals surface area (Å²) in [5, 5.41) is 9.78. The van der Waals surface area contributed by atoms with Gasteiger partial charge in [-0.25, -0.2) is 0 Å². The summed E-state index contributed by atoms with van der Waals surface area (Å²) in [6, 6.07) is 8.44. The smallest absolute Gasteiger partial charge is 0.103 e. The van der Waals surface area contributed by atoms with Crippen molar-refractivity contribution >= 4 is 17.3 Å². The van der Waals surface area contributed by atoms with E-state index in [9.17, 15) is 5.26 Å². The van der Waals surface area contributed by atoms with Crippen molar-refractivity contribution in [3.63, 3.8) is 0 Å². The number of rotatable bonds is 2. The first-order valence-electron chi connectivity index (χ1n) is 6.55. The summed E-state index contributed by atoms with van der Waals surface area (Å²) in [5.74, 6) is 0.774. The molecule has 2 nitrogen and oxygen atoms in total. The molecule has 96 valence electrons. The third-order valence-corrected chi connectivity index (χ3v) is 4.25. The second-order valence-electron chi connectivity index (χ2n) is 5.28. The van der Waals surface area contributed by atoms with Gasteiger partial charge < -0.3 is 4.90 Å². The third-order valence-electron chi connectivity index (χ3n) is 3.94. The summed E-state index contributed by atoms with van der Waals surface area (Å²) in [4.78, 5) is 2.24. The molecule has 1 saturated carbocycles. The number of benzene rings is 1. The third kappa shape index (κ3) is 2.62. The van der Waals surface area contributed by atoms with E-state index in [4.69, 9.17) is 11.6 Å². The van der Waals surface area contributed by atoms with E-state index >= 15 is 0 Å². The fourth-order valence-electron chi connectivity index (χ4n) is 2.87. The van der Waals surface area contributed by atoms with Crippen molar-refractivity contribution in [2.75, 3.05) is 11.9 Å². The van der Waals surface area contributed by atoms with Crippen molar-refractivity contribution in [3.8, 4) is 6.07 Å². The van der Waals surface area contributed by atoms with Crippen molar-refractivity contribution in [2.45, 2.75) is 38.6 Å². The van der Waals surface area contributed by atoms with E-state index in [1.165, 1.54) is 25.7 Å². The SMILES string of the molecule is CC1CCCC(N(C)c2cccc(Cl)c2C#N)C1. The van der Waals surface area contributed by atoms with Crippen molar-refractivity contribution in [1.29, 1.82) is 5.26 Å². The first-order valence-corrected chi connectivity index (χ1v) is 6.92. The summed E-state index contributed by atoms with van der Waals surface area (Å²) >= 11 is 6.09. The fraction of sp³-hybridized carbons (Fsp3) is 0.533. The van der Waals surface area contributed by atoms with Crippen LogP contribution in [0.2, 0.25) is 5.02 Å². The fourth-order valence-corrected chi connectivity index (χ4v) is 3.08. The van der Waals surface area contributed by atoms with E-state index in [1.807, 2.05) is 12.1 Å². The molecule has 0 aliphatic heterocycles. The first kappa shape index (κ1) is 13.2. The Morgan fingerprint density at radius 2 is 2.17 bits per heavy atom. The van der Waals surface area contributed by atoms with Gasteiger partial charge in [-0.05, 0) is 30.9 Å². The Labute approximate surface area is 114 Å². The molecule has 0 bridgehead atoms. The molecule has 3 heteroatoms. The number of hydrogen-bond donors (Lipinski definition) is 0. The number of halogens is 1. The molecule has 1 aromatic carbocycles. The molecule has 0 amide bonds. The van der Waals surface area contributed by atoms with Crippen LogP contribution in [0.5, 0.6) is 0 Å². The van der Waals surface area contributed by atoms with Crippen LogP contribution < -0.4 is 4.90 Å². The second kappa shape index (κ2) is 5.63. The highest BCUT2D eigenvalue weighted by atomic mass is 35.5. The molecular formula is C15H19ClN2. The lowest BCUT2D eigenvalue weighted by Gasteiger charge is -2.36. The Kier molecular flexibility index (Phi) is 4.14. The Bertz CT molecular complexity index is 464. The van der Waals surface area contributed by atoms with Crippen LogP contribution in [0.1, 0.15) is 38.2 Å². The van der Waals surface area contributed by atoms with Gasteiger partial charge in [0.2, 0.25) is 0 Å². The molecule has 1 aliphatic rings. The molecule has 18 heavy (non-hydrogen) atoms. The minimum Gasteiger partial charge on any atom is -0.370 e. The number of anilines is 1. The van der Waals surface area contributed by atoms with Gasteiger partial charge in [-0.1, -0.05) is 37.4 Å². The standard InChI is InChI=1S/C15H19ClN2/c1-11-5-3-6-12(9-11)18(2)15-8-4-7-14(16)13(15)10-17/h4,7-8,11-12H,3,5-6,9H2,1-2H3. The van der Waals surface area contributed by atoms with E-state index < -0.39 is 0 Å². The highest BCUT2D eigenvalue weighted by molar-refractivity contribution is 6.32. The molecule has 0 N–H and O–H groups in total. The van der Waals surface area contributed by atoms with Crippen LogP contribution in [0.25, 0.3) is 0 Å². The number of nitriles is 1. The highest BCUT2D eigenvalue weighted by Crippen LogP contribution is 2.33. The minimum atomic E-state index is 0.527. The maximum absolute atomic E-state index is 9.24. The average molecular weight is 263 g/mol. The van der Waals surface area contributed by atoms with Gasteiger partial charge in [-0.15, -0.1) is 0 Å². The molecule has 2 atom stereocenters. The lowest BCUT2D eigenvalue weighted by Crippen LogP contribution is -2.36. The maximum Gasteiger partial charge on any atom is 0.103 e. The first-order chi connectivity index (χ1) is 8.63. The van der Waals surface area contributed by atoms with Crippen LogP contribution in [0, 0.1) is 17.2 Å². The summed E-state index contributed by atoms with van der Waals surface area (Å²) in [5.41, 5.74) is 1.56. The number of nitrogens with zero attached hydrogens (tertiary/aromatic N) is 2. The molecule has 1 aromatic rings. The predicted molar refractivity (Wildman–Crippen MR) is 76.0 cm³/mol. The van der Waals surface area contributed by atoms with Gasteiger partial charge in [-0.3, -0.25) is 0 Å². The lowest BCUT2D eigenvalue weighted by molar-refractivity contribution is 0.336. The molecule has 2 rings (SSSR count). The predicted octanol–water partition coefficient (Wildman–Crippen LogP) is 4.23. The Balaban J connectivity index is 2.26. The monoisotopic (exact) mass is 262 g/mol. The number of hydrogen-bond acceptors (Lipinski definition) is 2. The van der Waals surface area contributed by atoms with Crippen LogP contribution in [-0.2, 0) is 0 Å². The summed E-state index contributed by atoms with van der Waals surface area (Å²) < 4.78 is 0. The molecule has 1 aliphatic carbocycles. The molecule has 0 saturated heterocycles. The normalized spacial score (nSPS) is 23.4. The van der Waals surface area contributed by atoms with E-state index in [0.29, 0.717) is 16.6 Å². The quantitative estimate of drug-likeness (QED) is 0.798. The molecule has 0 heterocycles. The molecule has 0 aromatic heterocycles. The zero-order valence-corrected chi connectivity index (χ0v) is 11.7. The van der Waals surface area contributed by atoms with E-state index in [2.05, 4.69) is 24.9 Å². The largest absolute Gasteiger partial charge is 0.370 e. The zero-order chi connectivity index (χ0) is 13.1.